The van der Waals surface area contributed by atoms with Crippen LogP contribution in [0.3, 0.4) is 0 Å². The van der Waals surface area contributed by atoms with E-state index in [2.05, 4.69) is 17.2 Å². The Morgan fingerprint density at radius 1 is 1.05 bits per heavy atom. The zero-order chi connectivity index (χ0) is 28.6. The van der Waals surface area contributed by atoms with Gasteiger partial charge in [0.2, 0.25) is 11.8 Å². The second-order valence-electron chi connectivity index (χ2n) is 10.2. The molecule has 0 aliphatic carbocycles. The predicted molar refractivity (Wildman–Crippen MR) is 147 cm³/mol. The third-order valence-electron chi connectivity index (χ3n) is 5.70. The SMILES string of the molecule is C=CCN(C(=O)C(CC(N)=O)NC(=O)OC(C)(C)C)C(C(=O)Nc1ccccc1C)c1cc(C)ccc1C. The molecule has 0 aliphatic rings. The molecule has 204 valence electrons. The van der Waals surface area contributed by atoms with Crippen LogP contribution in [0.5, 0.6) is 0 Å². The van der Waals surface area contributed by atoms with Crippen molar-refractivity contribution in [2.75, 3.05) is 11.9 Å². The first kappa shape index (κ1) is 30.1. The molecule has 0 fully saturated rings. The molecular weight excluding hydrogens is 484 g/mol. The van der Waals surface area contributed by atoms with Gasteiger partial charge in [-0.1, -0.05) is 48.0 Å². The van der Waals surface area contributed by atoms with Crippen LogP contribution < -0.4 is 16.4 Å². The van der Waals surface area contributed by atoms with E-state index in [1.165, 1.54) is 11.0 Å². The third-order valence-corrected chi connectivity index (χ3v) is 5.70. The molecule has 38 heavy (non-hydrogen) atoms. The lowest BCUT2D eigenvalue weighted by molar-refractivity contribution is -0.141. The lowest BCUT2D eigenvalue weighted by atomic mass is 9.95. The summed E-state index contributed by atoms with van der Waals surface area (Å²) in [5.74, 6) is -1.94. The normalized spacial score (nSPS) is 12.6. The zero-order valence-electron chi connectivity index (χ0n) is 23.0. The predicted octanol–water partition coefficient (Wildman–Crippen LogP) is 4.07. The number of hydrogen-bond donors (Lipinski definition) is 3. The number of amides is 4. The van der Waals surface area contributed by atoms with Gasteiger partial charge in [0.25, 0.3) is 5.91 Å². The van der Waals surface area contributed by atoms with Gasteiger partial charge in [-0.05, 0) is 64.3 Å². The van der Waals surface area contributed by atoms with Crippen LogP contribution in [0.2, 0.25) is 0 Å². The number of primary amides is 1. The van der Waals surface area contributed by atoms with Gasteiger partial charge in [0.15, 0.2) is 0 Å². The van der Waals surface area contributed by atoms with Gasteiger partial charge in [0, 0.05) is 12.2 Å². The van der Waals surface area contributed by atoms with E-state index in [1.54, 1.807) is 32.9 Å². The Kier molecular flexibility index (Phi) is 10.2. The number of nitrogens with two attached hydrogens (primary N) is 1. The first-order valence-electron chi connectivity index (χ1n) is 12.4. The summed E-state index contributed by atoms with van der Waals surface area (Å²) >= 11 is 0. The molecule has 4 N–H and O–H groups in total. The molecule has 2 atom stereocenters. The summed E-state index contributed by atoms with van der Waals surface area (Å²) < 4.78 is 5.29. The molecule has 2 unspecified atom stereocenters. The second-order valence-corrected chi connectivity index (χ2v) is 10.2. The van der Waals surface area contributed by atoms with Crippen molar-refractivity contribution >= 4 is 29.5 Å². The summed E-state index contributed by atoms with van der Waals surface area (Å²) in [6, 6.07) is 10.5. The smallest absolute Gasteiger partial charge is 0.408 e. The van der Waals surface area contributed by atoms with Crippen molar-refractivity contribution in [1.82, 2.24) is 10.2 Å². The Hall–Kier alpha value is -4.14. The van der Waals surface area contributed by atoms with E-state index in [-0.39, 0.29) is 6.54 Å². The fourth-order valence-electron chi connectivity index (χ4n) is 3.93. The second kappa shape index (κ2) is 12.9. The molecule has 9 heteroatoms. The summed E-state index contributed by atoms with van der Waals surface area (Å²) in [6.07, 6.45) is 0.111. The molecule has 0 radical (unpaired) electrons. The van der Waals surface area contributed by atoms with Crippen molar-refractivity contribution < 1.29 is 23.9 Å². The average molecular weight is 523 g/mol. The number of anilines is 1. The molecule has 2 aromatic carbocycles. The Bertz CT molecular complexity index is 1200. The summed E-state index contributed by atoms with van der Waals surface area (Å²) in [7, 11) is 0. The summed E-state index contributed by atoms with van der Waals surface area (Å²) in [5.41, 5.74) is 8.31. The maximum Gasteiger partial charge on any atom is 0.408 e. The Labute approximate surface area is 224 Å². The molecule has 2 rings (SSSR count). The molecule has 0 bridgehead atoms. The van der Waals surface area contributed by atoms with Gasteiger partial charge < -0.3 is 26.0 Å². The molecule has 0 spiro atoms. The van der Waals surface area contributed by atoms with Crippen LogP contribution in [0.4, 0.5) is 10.5 Å². The van der Waals surface area contributed by atoms with Crippen molar-refractivity contribution in [3.05, 3.63) is 77.4 Å². The highest BCUT2D eigenvalue weighted by atomic mass is 16.6. The highest BCUT2D eigenvalue weighted by Gasteiger charge is 2.37. The highest BCUT2D eigenvalue weighted by molar-refractivity contribution is 6.00. The van der Waals surface area contributed by atoms with Crippen LogP contribution in [0, 0.1) is 20.8 Å². The molecule has 0 saturated carbocycles. The fraction of sp³-hybridized carbons (Fsp3) is 0.379. The summed E-state index contributed by atoms with van der Waals surface area (Å²) in [5, 5.41) is 5.38. The number of hydrogen-bond acceptors (Lipinski definition) is 5. The largest absolute Gasteiger partial charge is 0.444 e. The van der Waals surface area contributed by atoms with Crippen LogP contribution >= 0.6 is 0 Å². The molecule has 2 aromatic rings. The highest BCUT2D eigenvalue weighted by Crippen LogP contribution is 2.29. The van der Waals surface area contributed by atoms with E-state index in [1.807, 2.05) is 51.1 Å². The van der Waals surface area contributed by atoms with E-state index in [0.29, 0.717) is 11.3 Å². The Morgan fingerprint density at radius 2 is 1.71 bits per heavy atom. The number of aryl methyl sites for hydroxylation is 3. The minimum Gasteiger partial charge on any atom is -0.444 e. The average Bonchev–Trinajstić information content (AvgIpc) is 2.80. The maximum atomic E-state index is 13.9. The minimum atomic E-state index is -1.36. The third kappa shape index (κ3) is 8.47. The van der Waals surface area contributed by atoms with Gasteiger partial charge in [0.1, 0.15) is 17.7 Å². The van der Waals surface area contributed by atoms with Crippen LogP contribution in [-0.4, -0.2) is 46.9 Å². The van der Waals surface area contributed by atoms with E-state index >= 15 is 0 Å². The van der Waals surface area contributed by atoms with Crippen LogP contribution in [0.1, 0.15) is 55.5 Å². The van der Waals surface area contributed by atoms with E-state index < -0.39 is 47.9 Å². The molecule has 0 aromatic heterocycles. The molecule has 0 saturated heterocycles. The maximum absolute atomic E-state index is 13.9. The molecule has 9 nitrogen and oxygen atoms in total. The fourth-order valence-corrected chi connectivity index (χ4v) is 3.93. The van der Waals surface area contributed by atoms with Gasteiger partial charge in [-0.2, -0.15) is 0 Å². The number of nitrogens with zero attached hydrogens (tertiary/aromatic N) is 1. The van der Waals surface area contributed by atoms with Crippen molar-refractivity contribution in [2.45, 2.75) is 65.6 Å². The van der Waals surface area contributed by atoms with Gasteiger partial charge in [-0.25, -0.2) is 4.79 Å². The number of rotatable bonds is 10. The molecule has 4 amide bonds. The van der Waals surface area contributed by atoms with Gasteiger partial charge >= 0.3 is 6.09 Å². The van der Waals surface area contributed by atoms with Crippen molar-refractivity contribution in [3.63, 3.8) is 0 Å². The van der Waals surface area contributed by atoms with Crippen molar-refractivity contribution in [3.8, 4) is 0 Å². The molecule has 0 aliphatic heterocycles. The number of para-hydroxylation sites is 1. The first-order valence-corrected chi connectivity index (χ1v) is 12.4. The Morgan fingerprint density at radius 3 is 2.29 bits per heavy atom. The number of ether oxygens (including phenoxy) is 1. The van der Waals surface area contributed by atoms with Crippen LogP contribution in [0.25, 0.3) is 0 Å². The zero-order valence-corrected chi connectivity index (χ0v) is 23.0. The number of carbonyl (C=O) groups is 4. The monoisotopic (exact) mass is 522 g/mol. The quantitative estimate of drug-likeness (QED) is 0.405. The van der Waals surface area contributed by atoms with Gasteiger partial charge in [-0.3, -0.25) is 14.4 Å². The Balaban J connectivity index is 2.58. The van der Waals surface area contributed by atoms with Crippen LogP contribution in [0.15, 0.2) is 55.1 Å². The topological polar surface area (TPSA) is 131 Å². The number of carbonyl (C=O) groups excluding carboxylic acids is 4. The van der Waals surface area contributed by atoms with Crippen molar-refractivity contribution in [1.29, 1.82) is 0 Å². The van der Waals surface area contributed by atoms with E-state index in [9.17, 15) is 19.2 Å². The lowest BCUT2D eigenvalue weighted by Gasteiger charge is -2.34. The van der Waals surface area contributed by atoms with E-state index in [0.717, 1.165) is 16.7 Å². The van der Waals surface area contributed by atoms with Gasteiger partial charge in [-0.15, -0.1) is 6.58 Å². The summed E-state index contributed by atoms with van der Waals surface area (Å²) in [4.78, 5) is 53.5. The number of nitrogens with one attached hydrogen (secondary N) is 2. The summed E-state index contributed by atoms with van der Waals surface area (Å²) in [6.45, 7) is 14.3. The van der Waals surface area contributed by atoms with Crippen LogP contribution in [-0.2, 0) is 19.1 Å². The molecule has 0 heterocycles. The lowest BCUT2D eigenvalue weighted by Crippen LogP contribution is -2.53. The van der Waals surface area contributed by atoms with Crippen molar-refractivity contribution in [2.24, 2.45) is 5.73 Å². The van der Waals surface area contributed by atoms with E-state index in [4.69, 9.17) is 10.5 Å². The standard InChI is InChI=1S/C29H38N4O5/c1-8-15-33(27(36)23(17-24(30)34)32-28(37)38-29(5,6)7)25(21-16-18(2)13-14-19(21)3)26(35)31-22-12-10-9-11-20(22)4/h8-14,16,23,25H,1,15,17H2,2-7H3,(H2,30,34)(H,31,35)(H,32,37). The number of alkyl carbamates (subject to hydrolysis) is 1. The number of benzene rings is 2. The first-order chi connectivity index (χ1) is 17.7. The minimum absolute atomic E-state index is 0.0384. The van der Waals surface area contributed by atoms with Gasteiger partial charge in [0.05, 0.1) is 6.42 Å². The molecular formula is C29H38N4O5.